The van der Waals surface area contributed by atoms with E-state index < -0.39 is 0 Å². The predicted molar refractivity (Wildman–Crippen MR) is 105 cm³/mol. The number of ether oxygens (including phenoxy) is 2. The van der Waals surface area contributed by atoms with Crippen molar-refractivity contribution < 1.29 is 14.3 Å². The Kier molecular flexibility index (Phi) is 5.94. The molecule has 0 saturated heterocycles. The van der Waals surface area contributed by atoms with Crippen LogP contribution < -0.4 is 14.8 Å². The quantitative estimate of drug-likeness (QED) is 0.791. The Labute approximate surface area is 163 Å². The molecule has 8 heteroatoms. The number of nitrogens with zero attached hydrogens (tertiary/aromatic N) is 3. The van der Waals surface area contributed by atoms with Gasteiger partial charge in [0, 0.05) is 24.1 Å². The normalized spacial score (nSPS) is 13.9. The zero-order valence-electron chi connectivity index (χ0n) is 16.2. The minimum atomic E-state index is -0.245. The molecule has 0 fully saturated rings. The molecule has 146 valence electrons. The largest absolute Gasteiger partial charge is 0.490 e. The number of carbonyl (C=O) groups excluding carboxylic acids is 1. The molecule has 1 aliphatic heterocycles. The van der Waals surface area contributed by atoms with Crippen LogP contribution in [0.4, 0.5) is 0 Å². The molecule has 0 saturated carbocycles. The summed E-state index contributed by atoms with van der Waals surface area (Å²) in [6.45, 7) is 9.94. The highest BCUT2D eigenvalue weighted by atomic mass is 32.2. The highest BCUT2D eigenvalue weighted by Gasteiger charge is 2.19. The molecule has 2 aromatic rings. The standard InChI is InChI=1S/C19H26N4O3S/c1-5-23-17(13-7-8-14-15(11-13)26-10-6-9-25-14)21-22-18(23)27-12-16(24)20-19(2,3)4/h7-8,11H,5-6,9-10,12H2,1-4H3,(H,20,24). The van der Waals surface area contributed by atoms with Crippen molar-refractivity contribution >= 4 is 17.7 Å². The summed E-state index contributed by atoms with van der Waals surface area (Å²) in [5.74, 6) is 2.53. The molecule has 2 heterocycles. The topological polar surface area (TPSA) is 78.3 Å². The van der Waals surface area contributed by atoms with Crippen molar-refractivity contribution in [3.8, 4) is 22.9 Å². The van der Waals surface area contributed by atoms with Gasteiger partial charge in [0.1, 0.15) is 0 Å². The van der Waals surface area contributed by atoms with Crippen molar-refractivity contribution in [3.05, 3.63) is 18.2 Å². The summed E-state index contributed by atoms with van der Waals surface area (Å²) in [6, 6.07) is 5.82. The van der Waals surface area contributed by atoms with Crippen LogP contribution in [0, 0.1) is 0 Å². The van der Waals surface area contributed by atoms with Crippen molar-refractivity contribution in [2.24, 2.45) is 0 Å². The maximum Gasteiger partial charge on any atom is 0.230 e. The fraction of sp³-hybridized carbons (Fsp3) is 0.526. The molecule has 0 unspecified atom stereocenters. The van der Waals surface area contributed by atoms with Crippen molar-refractivity contribution in [1.82, 2.24) is 20.1 Å². The summed E-state index contributed by atoms with van der Waals surface area (Å²) >= 11 is 1.39. The van der Waals surface area contributed by atoms with Gasteiger partial charge in [0.15, 0.2) is 22.5 Å². The number of carbonyl (C=O) groups is 1. The van der Waals surface area contributed by atoms with Crippen LogP contribution in [0.15, 0.2) is 23.4 Å². The lowest BCUT2D eigenvalue weighted by molar-refractivity contribution is -0.119. The fourth-order valence-corrected chi connectivity index (χ4v) is 3.58. The molecule has 0 aliphatic carbocycles. The van der Waals surface area contributed by atoms with Gasteiger partial charge in [-0.25, -0.2) is 0 Å². The monoisotopic (exact) mass is 390 g/mol. The second kappa shape index (κ2) is 8.21. The zero-order valence-corrected chi connectivity index (χ0v) is 17.1. The molecule has 1 N–H and O–H groups in total. The third-order valence-corrected chi connectivity index (χ3v) is 4.85. The Morgan fingerprint density at radius 3 is 2.67 bits per heavy atom. The molecule has 27 heavy (non-hydrogen) atoms. The van der Waals surface area contributed by atoms with Gasteiger partial charge in [0.05, 0.1) is 19.0 Å². The van der Waals surface area contributed by atoms with E-state index >= 15 is 0 Å². The molecule has 3 rings (SSSR count). The van der Waals surface area contributed by atoms with Crippen LogP contribution in [0.25, 0.3) is 11.4 Å². The minimum Gasteiger partial charge on any atom is -0.490 e. The maximum atomic E-state index is 12.1. The number of hydrogen-bond donors (Lipinski definition) is 1. The molecule has 1 aromatic heterocycles. The number of nitrogens with one attached hydrogen (secondary N) is 1. The molecule has 7 nitrogen and oxygen atoms in total. The van der Waals surface area contributed by atoms with Crippen LogP contribution >= 0.6 is 11.8 Å². The van der Waals surface area contributed by atoms with Crippen LogP contribution in [-0.2, 0) is 11.3 Å². The van der Waals surface area contributed by atoms with Crippen LogP contribution in [0.5, 0.6) is 11.5 Å². The van der Waals surface area contributed by atoms with E-state index in [4.69, 9.17) is 9.47 Å². The Hall–Kier alpha value is -2.22. The van der Waals surface area contributed by atoms with Gasteiger partial charge in [-0.2, -0.15) is 0 Å². The molecule has 0 atom stereocenters. The highest BCUT2D eigenvalue weighted by Crippen LogP contribution is 2.34. The van der Waals surface area contributed by atoms with Crippen molar-refractivity contribution in [2.75, 3.05) is 19.0 Å². The summed E-state index contributed by atoms with van der Waals surface area (Å²) in [5, 5.41) is 12.3. The van der Waals surface area contributed by atoms with Gasteiger partial charge in [0.2, 0.25) is 5.91 Å². The number of rotatable bonds is 5. The Morgan fingerprint density at radius 2 is 1.96 bits per heavy atom. The van der Waals surface area contributed by atoms with E-state index in [-0.39, 0.29) is 11.4 Å². The van der Waals surface area contributed by atoms with E-state index in [1.807, 2.05) is 50.5 Å². The number of thioether (sulfide) groups is 1. The van der Waals surface area contributed by atoms with Gasteiger partial charge < -0.3 is 19.4 Å². The molecule has 0 bridgehead atoms. The van der Waals surface area contributed by atoms with Crippen molar-refractivity contribution in [3.63, 3.8) is 0 Å². The van der Waals surface area contributed by atoms with Gasteiger partial charge in [-0.1, -0.05) is 11.8 Å². The van der Waals surface area contributed by atoms with E-state index in [9.17, 15) is 4.79 Å². The summed E-state index contributed by atoms with van der Waals surface area (Å²) in [4.78, 5) is 12.1. The van der Waals surface area contributed by atoms with Crippen LogP contribution in [0.2, 0.25) is 0 Å². The van der Waals surface area contributed by atoms with Gasteiger partial charge in [-0.15, -0.1) is 10.2 Å². The average molecular weight is 391 g/mol. The number of hydrogen-bond acceptors (Lipinski definition) is 6. The average Bonchev–Trinajstić information content (AvgIpc) is 2.87. The predicted octanol–water partition coefficient (Wildman–Crippen LogP) is 3.13. The minimum absolute atomic E-state index is 0.0183. The highest BCUT2D eigenvalue weighted by molar-refractivity contribution is 7.99. The summed E-state index contributed by atoms with van der Waals surface area (Å²) < 4.78 is 13.5. The first-order chi connectivity index (χ1) is 12.9. The first-order valence-electron chi connectivity index (χ1n) is 9.14. The smallest absolute Gasteiger partial charge is 0.230 e. The lowest BCUT2D eigenvalue weighted by atomic mass is 10.1. The Balaban J connectivity index is 1.78. The molecule has 1 aromatic carbocycles. The second-order valence-electron chi connectivity index (χ2n) is 7.35. The fourth-order valence-electron chi connectivity index (χ4n) is 2.78. The second-order valence-corrected chi connectivity index (χ2v) is 8.29. The molecular formula is C19H26N4O3S. The summed E-state index contributed by atoms with van der Waals surface area (Å²) in [5.41, 5.74) is 0.671. The van der Waals surface area contributed by atoms with Gasteiger partial charge in [-0.3, -0.25) is 4.79 Å². The van der Waals surface area contributed by atoms with E-state index in [1.54, 1.807) is 0 Å². The van der Waals surface area contributed by atoms with E-state index in [0.717, 1.165) is 34.5 Å². The van der Waals surface area contributed by atoms with Gasteiger partial charge in [0.25, 0.3) is 0 Å². The number of benzene rings is 1. The first-order valence-corrected chi connectivity index (χ1v) is 10.1. The third-order valence-electron chi connectivity index (χ3n) is 3.89. The summed E-state index contributed by atoms with van der Waals surface area (Å²) in [6.07, 6.45) is 0.868. The summed E-state index contributed by atoms with van der Waals surface area (Å²) in [7, 11) is 0. The number of fused-ring (bicyclic) bond motifs is 1. The first kappa shape index (κ1) is 19.5. The van der Waals surface area contributed by atoms with E-state index in [0.29, 0.717) is 25.5 Å². The lowest BCUT2D eigenvalue weighted by Gasteiger charge is -2.20. The Bertz CT molecular complexity index is 814. The Morgan fingerprint density at radius 1 is 1.22 bits per heavy atom. The number of amides is 1. The molecular weight excluding hydrogens is 364 g/mol. The SMILES string of the molecule is CCn1c(SCC(=O)NC(C)(C)C)nnc1-c1ccc2c(c1)OCCCO2. The van der Waals surface area contributed by atoms with Crippen LogP contribution in [0.3, 0.4) is 0 Å². The lowest BCUT2D eigenvalue weighted by Crippen LogP contribution is -2.41. The number of aromatic nitrogens is 3. The van der Waals surface area contributed by atoms with E-state index in [1.165, 1.54) is 11.8 Å². The third kappa shape index (κ3) is 4.94. The van der Waals surface area contributed by atoms with Gasteiger partial charge in [-0.05, 0) is 45.9 Å². The van der Waals surface area contributed by atoms with Gasteiger partial charge >= 0.3 is 0 Å². The van der Waals surface area contributed by atoms with E-state index in [2.05, 4.69) is 15.5 Å². The molecule has 0 radical (unpaired) electrons. The van der Waals surface area contributed by atoms with Crippen molar-refractivity contribution in [2.45, 2.75) is 51.4 Å². The zero-order chi connectivity index (χ0) is 19.4. The maximum absolute atomic E-state index is 12.1. The van der Waals surface area contributed by atoms with Crippen LogP contribution in [-0.4, -0.2) is 45.2 Å². The molecule has 1 amide bonds. The molecule has 0 spiro atoms. The van der Waals surface area contributed by atoms with Crippen LogP contribution in [0.1, 0.15) is 34.1 Å². The molecule has 1 aliphatic rings. The van der Waals surface area contributed by atoms with Crippen molar-refractivity contribution in [1.29, 1.82) is 0 Å².